The monoisotopic (exact) mass is 348 g/mol. The maximum atomic E-state index is 12.1. The van der Waals surface area contributed by atoms with Gasteiger partial charge in [-0.15, -0.1) is 13.2 Å². The number of hydrogen-bond acceptors (Lipinski definition) is 2. The van der Waals surface area contributed by atoms with Gasteiger partial charge in [0, 0.05) is 5.56 Å². The van der Waals surface area contributed by atoms with E-state index >= 15 is 0 Å². The molecule has 0 saturated heterocycles. The number of allylic oxidation sites excluding steroid dienone is 1. The largest absolute Gasteiger partial charge is 0.573 e. The van der Waals surface area contributed by atoms with E-state index in [-0.39, 0.29) is 22.5 Å². The summed E-state index contributed by atoms with van der Waals surface area (Å²) in [5.74, 6) is -0.649. The lowest BCUT2D eigenvalue weighted by atomic mass is 9.87. The van der Waals surface area contributed by atoms with Crippen molar-refractivity contribution in [3.05, 3.63) is 71.3 Å². The lowest BCUT2D eigenvalue weighted by molar-refractivity contribution is -0.274. The highest BCUT2D eigenvalue weighted by atomic mass is 19.4. The number of carbonyl (C=O) groups is 1. The van der Waals surface area contributed by atoms with Crippen LogP contribution in [0, 0.1) is 0 Å². The number of halogens is 3. The standard InChI is InChI=1S/C20H19F3O2/c1-19(2,3)16-9-4-14(5-10-16)6-13-18(24)15-7-11-17(12-8-15)25-20(21,22)23/h4-13H,1-3H3/b13-6+. The summed E-state index contributed by atoms with van der Waals surface area (Å²) in [6.07, 6.45) is -1.68. The molecule has 2 aromatic carbocycles. The van der Waals surface area contributed by atoms with E-state index in [4.69, 9.17) is 0 Å². The van der Waals surface area contributed by atoms with Crippen molar-refractivity contribution in [1.29, 1.82) is 0 Å². The molecule has 0 spiro atoms. The third kappa shape index (κ3) is 5.78. The van der Waals surface area contributed by atoms with Crippen LogP contribution in [0.25, 0.3) is 6.08 Å². The first-order chi connectivity index (χ1) is 11.5. The summed E-state index contributed by atoms with van der Waals surface area (Å²) in [6, 6.07) is 12.7. The highest BCUT2D eigenvalue weighted by Crippen LogP contribution is 2.24. The van der Waals surface area contributed by atoms with Crippen LogP contribution < -0.4 is 4.74 Å². The quantitative estimate of drug-likeness (QED) is 0.517. The van der Waals surface area contributed by atoms with Crippen LogP contribution in [-0.2, 0) is 5.41 Å². The van der Waals surface area contributed by atoms with Crippen LogP contribution in [0.15, 0.2) is 54.6 Å². The molecule has 5 heteroatoms. The van der Waals surface area contributed by atoms with Gasteiger partial charge in [-0.25, -0.2) is 0 Å². The summed E-state index contributed by atoms with van der Waals surface area (Å²) in [7, 11) is 0. The maximum Gasteiger partial charge on any atom is 0.573 e. The van der Waals surface area contributed by atoms with Gasteiger partial charge < -0.3 is 4.74 Å². The van der Waals surface area contributed by atoms with E-state index in [9.17, 15) is 18.0 Å². The Hall–Kier alpha value is -2.56. The van der Waals surface area contributed by atoms with Crippen molar-refractivity contribution in [2.24, 2.45) is 0 Å². The van der Waals surface area contributed by atoms with Crippen LogP contribution in [-0.4, -0.2) is 12.1 Å². The van der Waals surface area contributed by atoms with Gasteiger partial charge in [-0.05, 0) is 46.9 Å². The number of benzene rings is 2. The van der Waals surface area contributed by atoms with E-state index in [0.717, 1.165) is 17.7 Å². The summed E-state index contributed by atoms with van der Waals surface area (Å²) in [5.41, 5.74) is 2.41. The Morgan fingerprint density at radius 2 is 1.48 bits per heavy atom. The van der Waals surface area contributed by atoms with Gasteiger partial charge in [0.25, 0.3) is 0 Å². The molecule has 0 N–H and O–H groups in total. The zero-order valence-electron chi connectivity index (χ0n) is 14.2. The van der Waals surface area contributed by atoms with Gasteiger partial charge in [-0.2, -0.15) is 0 Å². The number of hydrogen-bond donors (Lipinski definition) is 0. The van der Waals surface area contributed by atoms with Crippen molar-refractivity contribution in [2.45, 2.75) is 32.5 Å². The molecule has 0 fully saturated rings. The molecular formula is C20H19F3O2. The van der Waals surface area contributed by atoms with Crippen molar-refractivity contribution < 1.29 is 22.7 Å². The Labute approximate surface area is 144 Å². The molecule has 0 amide bonds. The third-order valence-corrected chi connectivity index (χ3v) is 3.58. The lowest BCUT2D eigenvalue weighted by Crippen LogP contribution is -2.17. The molecule has 25 heavy (non-hydrogen) atoms. The molecule has 2 aromatic rings. The summed E-state index contributed by atoms with van der Waals surface area (Å²) >= 11 is 0. The molecule has 0 radical (unpaired) electrons. The average molecular weight is 348 g/mol. The second-order valence-electron chi connectivity index (χ2n) is 6.64. The van der Waals surface area contributed by atoms with Crippen molar-refractivity contribution >= 4 is 11.9 Å². The van der Waals surface area contributed by atoms with Gasteiger partial charge in [0.2, 0.25) is 0 Å². The van der Waals surface area contributed by atoms with E-state index in [0.29, 0.717) is 0 Å². The van der Waals surface area contributed by atoms with Gasteiger partial charge >= 0.3 is 6.36 Å². The number of ether oxygens (including phenoxy) is 1. The van der Waals surface area contributed by atoms with Crippen molar-refractivity contribution in [2.75, 3.05) is 0 Å². The Morgan fingerprint density at radius 1 is 0.920 bits per heavy atom. The fraction of sp³-hybridized carbons (Fsp3) is 0.250. The highest BCUT2D eigenvalue weighted by Gasteiger charge is 2.31. The number of carbonyl (C=O) groups excluding carboxylic acids is 1. The molecule has 0 heterocycles. The van der Waals surface area contributed by atoms with Gasteiger partial charge in [0.1, 0.15) is 5.75 Å². The minimum atomic E-state index is -4.75. The second kappa shape index (κ2) is 7.13. The molecule has 0 atom stereocenters. The molecule has 0 aliphatic rings. The Morgan fingerprint density at radius 3 is 1.96 bits per heavy atom. The van der Waals surface area contributed by atoms with Crippen LogP contribution >= 0.6 is 0 Å². The molecule has 0 saturated carbocycles. The zero-order chi connectivity index (χ0) is 18.7. The predicted molar refractivity (Wildman–Crippen MR) is 91.6 cm³/mol. The van der Waals surface area contributed by atoms with Crippen molar-refractivity contribution in [1.82, 2.24) is 0 Å². The van der Waals surface area contributed by atoms with Crippen LogP contribution in [0.1, 0.15) is 42.3 Å². The predicted octanol–water partition coefficient (Wildman–Crippen LogP) is 5.78. The zero-order valence-corrected chi connectivity index (χ0v) is 14.2. The van der Waals surface area contributed by atoms with Gasteiger partial charge in [0.15, 0.2) is 5.78 Å². The molecule has 0 aliphatic carbocycles. The summed E-state index contributed by atoms with van der Waals surface area (Å²) in [6.45, 7) is 6.36. The molecule has 2 rings (SSSR count). The summed E-state index contributed by atoms with van der Waals surface area (Å²) in [5, 5.41) is 0. The number of alkyl halides is 3. The number of rotatable bonds is 4. The van der Waals surface area contributed by atoms with E-state index < -0.39 is 6.36 Å². The molecule has 0 aliphatic heterocycles. The maximum absolute atomic E-state index is 12.1. The SMILES string of the molecule is CC(C)(C)c1ccc(/C=C/C(=O)c2ccc(OC(F)(F)F)cc2)cc1. The van der Waals surface area contributed by atoms with Crippen LogP contribution in [0.2, 0.25) is 0 Å². The van der Waals surface area contributed by atoms with Crippen LogP contribution in [0.4, 0.5) is 13.2 Å². The Balaban J connectivity index is 2.05. The van der Waals surface area contributed by atoms with E-state index in [2.05, 4.69) is 25.5 Å². The van der Waals surface area contributed by atoms with Gasteiger partial charge in [-0.3, -0.25) is 4.79 Å². The lowest BCUT2D eigenvalue weighted by Gasteiger charge is -2.18. The summed E-state index contributed by atoms with van der Waals surface area (Å²) < 4.78 is 40.1. The molecule has 2 nitrogen and oxygen atoms in total. The van der Waals surface area contributed by atoms with Crippen LogP contribution in [0.3, 0.4) is 0 Å². The highest BCUT2D eigenvalue weighted by molar-refractivity contribution is 6.06. The fourth-order valence-electron chi connectivity index (χ4n) is 2.18. The molecule has 0 aromatic heterocycles. The summed E-state index contributed by atoms with van der Waals surface area (Å²) in [4.78, 5) is 12.1. The first-order valence-corrected chi connectivity index (χ1v) is 7.73. The smallest absolute Gasteiger partial charge is 0.406 e. The average Bonchev–Trinajstić information content (AvgIpc) is 2.51. The van der Waals surface area contributed by atoms with E-state index in [1.165, 1.54) is 23.8 Å². The molecule has 0 unspecified atom stereocenters. The van der Waals surface area contributed by atoms with Crippen LogP contribution in [0.5, 0.6) is 5.75 Å². The Kier molecular flexibility index (Phi) is 5.36. The normalized spacial score (nSPS) is 12.4. The fourth-order valence-corrected chi connectivity index (χ4v) is 2.18. The minimum Gasteiger partial charge on any atom is -0.406 e. The third-order valence-electron chi connectivity index (χ3n) is 3.58. The molecular weight excluding hydrogens is 329 g/mol. The molecule has 0 bridgehead atoms. The topological polar surface area (TPSA) is 26.3 Å². The van der Waals surface area contributed by atoms with Crippen molar-refractivity contribution in [3.63, 3.8) is 0 Å². The minimum absolute atomic E-state index is 0.0539. The first kappa shape index (κ1) is 18.8. The van der Waals surface area contributed by atoms with E-state index in [1.54, 1.807) is 6.08 Å². The second-order valence-corrected chi connectivity index (χ2v) is 6.64. The first-order valence-electron chi connectivity index (χ1n) is 7.73. The number of ketones is 1. The van der Waals surface area contributed by atoms with Gasteiger partial charge in [0.05, 0.1) is 0 Å². The van der Waals surface area contributed by atoms with E-state index in [1.807, 2.05) is 24.3 Å². The molecule has 132 valence electrons. The van der Waals surface area contributed by atoms with Gasteiger partial charge in [-0.1, -0.05) is 51.1 Å². The Bertz CT molecular complexity index is 750. The van der Waals surface area contributed by atoms with Crippen molar-refractivity contribution in [3.8, 4) is 5.75 Å².